The second-order valence-electron chi connectivity index (χ2n) is 8.35. The first-order valence-corrected chi connectivity index (χ1v) is 12.2. The highest BCUT2D eigenvalue weighted by atomic mass is 32.2. The molecule has 0 bridgehead atoms. The van der Waals surface area contributed by atoms with Crippen LogP contribution in [-0.4, -0.2) is 57.4 Å². The van der Waals surface area contributed by atoms with Gasteiger partial charge in [0, 0.05) is 30.9 Å². The van der Waals surface area contributed by atoms with E-state index in [2.05, 4.69) is 19.9 Å². The zero-order chi connectivity index (χ0) is 22.7. The topological polar surface area (TPSA) is 100 Å². The number of benzene rings is 2. The van der Waals surface area contributed by atoms with Crippen LogP contribution in [0.5, 0.6) is 0 Å². The lowest BCUT2D eigenvalue weighted by atomic mass is 10.0. The fraction of sp³-hybridized carbons (Fsp3) is 0.391. The Morgan fingerprint density at radius 1 is 1.16 bits per heavy atom. The molecule has 32 heavy (non-hydrogen) atoms. The lowest BCUT2D eigenvalue weighted by Crippen LogP contribution is -2.35. The van der Waals surface area contributed by atoms with Gasteiger partial charge in [0.25, 0.3) is 10.0 Å². The van der Waals surface area contributed by atoms with Crippen LogP contribution in [0, 0.1) is 5.92 Å². The first-order valence-electron chi connectivity index (χ1n) is 10.7. The maximum Gasteiger partial charge on any atom is 0.263 e. The Morgan fingerprint density at radius 2 is 1.91 bits per heavy atom. The number of nitrogens with one attached hydrogen (secondary N) is 2. The Kier molecular flexibility index (Phi) is 6.59. The highest BCUT2D eigenvalue weighted by Crippen LogP contribution is 2.24. The fourth-order valence-corrected chi connectivity index (χ4v) is 5.10. The number of aliphatic imine (C=N–C) groups is 1. The van der Waals surface area contributed by atoms with E-state index in [0.29, 0.717) is 11.3 Å². The molecule has 1 saturated heterocycles. The van der Waals surface area contributed by atoms with E-state index in [0.717, 1.165) is 38.4 Å². The first-order chi connectivity index (χ1) is 15.3. The van der Waals surface area contributed by atoms with Gasteiger partial charge in [0.15, 0.2) is 0 Å². The zero-order valence-electron chi connectivity index (χ0n) is 18.2. The Hall–Kier alpha value is -2.75. The number of rotatable bonds is 6. The van der Waals surface area contributed by atoms with Crippen molar-refractivity contribution in [3.8, 4) is 0 Å². The quantitative estimate of drug-likeness (QED) is 0.694. The van der Waals surface area contributed by atoms with Gasteiger partial charge in [-0.1, -0.05) is 38.1 Å². The number of fused-ring (bicyclic) bond motifs is 1. The lowest BCUT2D eigenvalue weighted by molar-refractivity contribution is -0.118. The Morgan fingerprint density at radius 3 is 2.66 bits per heavy atom. The number of hydrogen-bond acceptors (Lipinski definition) is 6. The van der Waals surface area contributed by atoms with Gasteiger partial charge in [-0.05, 0) is 35.7 Å². The molecule has 2 heterocycles. The predicted octanol–water partition coefficient (Wildman–Crippen LogP) is 2.22. The summed E-state index contributed by atoms with van der Waals surface area (Å²) in [4.78, 5) is 20.1. The zero-order valence-corrected chi connectivity index (χ0v) is 19.1. The van der Waals surface area contributed by atoms with Crippen molar-refractivity contribution in [3.05, 3.63) is 59.7 Å². The van der Waals surface area contributed by atoms with Crippen LogP contribution >= 0.6 is 0 Å². The summed E-state index contributed by atoms with van der Waals surface area (Å²) in [6.07, 6.45) is 0. The maximum absolute atomic E-state index is 13.1. The van der Waals surface area contributed by atoms with Crippen LogP contribution in [0.3, 0.4) is 0 Å². The molecule has 1 fully saturated rings. The van der Waals surface area contributed by atoms with E-state index in [4.69, 9.17) is 4.74 Å². The number of nitrogens with zero attached hydrogens (tertiary/aromatic N) is 2. The minimum atomic E-state index is -3.66. The van der Waals surface area contributed by atoms with Gasteiger partial charge in [-0.2, -0.15) is 0 Å². The number of amidine groups is 1. The third-order valence-electron chi connectivity index (χ3n) is 5.54. The van der Waals surface area contributed by atoms with Crippen molar-refractivity contribution >= 4 is 27.5 Å². The van der Waals surface area contributed by atoms with Crippen molar-refractivity contribution < 1.29 is 17.9 Å². The van der Waals surface area contributed by atoms with Gasteiger partial charge in [0.2, 0.25) is 5.91 Å². The van der Waals surface area contributed by atoms with Crippen molar-refractivity contribution in [3.63, 3.8) is 0 Å². The summed E-state index contributed by atoms with van der Waals surface area (Å²) >= 11 is 0. The van der Waals surface area contributed by atoms with E-state index in [1.54, 1.807) is 18.2 Å². The number of hydrogen-bond donors (Lipinski definition) is 2. The number of morpholine rings is 1. The molecule has 4 rings (SSSR count). The molecule has 170 valence electrons. The van der Waals surface area contributed by atoms with E-state index in [1.807, 2.05) is 38.1 Å². The number of carbonyl (C=O) groups is 1. The van der Waals surface area contributed by atoms with E-state index in [-0.39, 0.29) is 22.6 Å². The van der Waals surface area contributed by atoms with Gasteiger partial charge in [-0.15, -0.1) is 0 Å². The minimum Gasteiger partial charge on any atom is -0.379 e. The molecule has 2 aliphatic rings. The lowest BCUT2D eigenvalue weighted by Gasteiger charge is -2.26. The molecule has 2 aliphatic heterocycles. The van der Waals surface area contributed by atoms with Crippen LogP contribution in [0.25, 0.3) is 0 Å². The molecule has 0 unspecified atom stereocenters. The number of anilines is 1. The third kappa shape index (κ3) is 5.01. The second-order valence-corrected chi connectivity index (χ2v) is 10.00. The summed E-state index contributed by atoms with van der Waals surface area (Å²) < 4.78 is 32.6. The highest BCUT2D eigenvalue weighted by Gasteiger charge is 2.32. The summed E-state index contributed by atoms with van der Waals surface area (Å²) in [7, 11) is -3.66. The third-order valence-corrected chi connectivity index (χ3v) is 6.93. The molecule has 0 spiro atoms. The Bertz CT molecular complexity index is 1120. The number of ether oxygens (including phenoxy) is 1. The molecular weight excluding hydrogens is 428 g/mol. The van der Waals surface area contributed by atoms with Crippen molar-refractivity contribution in [1.82, 2.24) is 9.62 Å². The normalized spacial score (nSPS) is 20.0. The average Bonchev–Trinajstić information content (AvgIpc) is 3.03. The van der Waals surface area contributed by atoms with Crippen molar-refractivity contribution in [1.29, 1.82) is 0 Å². The molecule has 2 aromatic rings. The Labute approximate surface area is 188 Å². The Balaban J connectivity index is 1.51. The molecule has 0 aromatic heterocycles. The molecule has 2 N–H and O–H groups in total. The van der Waals surface area contributed by atoms with Gasteiger partial charge < -0.3 is 10.1 Å². The predicted molar refractivity (Wildman–Crippen MR) is 123 cm³/mol. The molecule has 8 nitrogen and oxygen atoms in total. The standard InChI is InChI=1S/C23H28N4O4S/c1-16(2)21(25-22-19-8-3-4-9-20(19)32(29,30)26-22)23(28)24-18-7-5-6-17(14-18)15-27-10-12-31-13-11-27/h3-9,14,16,21H,10-13,15H2,1-2H3,(H,24,28)(H,25,26)/t21-/m0/s1. The van der Waals surface area contributed by atoms with E-state index < -0.39 is 16.1 Å². The molecular formula is C23H28N4O4S. The molecule has 1 atom stereocenters. The van der Waals surface area contributed by atoms with Crippen molar-refractivity contribution in [2.45, 2.75) is 31.3 Å². The van der Waals surface area contributed by atoms with E-state index in [1.165, 1.54) is 6.07 Å². The van der Waals surface area contributed by atoms with E-state index in [9.17, 15) is 13.2 Å². The molecule has 0 aliphatic carbocycles. The monoisotopic (exact) mass is 456 g/mol. The van der Waals surface area contributed by atoms with Gasteiger partial charge in [0.05, 0.1) is 18.1 Å². The second kappa shape index (κ2) is 9.40. The van der Waals surface area contributed by atoms with E-state index >= 15 is 0 Å². The summed E-state index contributed by atoms with van der Waals surface area (Å²) in [5.74, 6) is -0.202. The van der Waals surface area contributed by atoms with Gasteiger partial charge in [0.1, 0.15) is 11.9 Å². The van der Waals surface area contributed by atoms with Crippen LogP contribution in [0.4, 0.5) is 5.69 Å². The summed E-state index contributed by atoms with van der Waals surface area (Å²) in [5, 5.41) is 2.95. The summed E-state index contributed by atoms with van der Waals surface area (Å²) in [6, 6.07) is 13.7. The van der Waals surface area contributed by atoms with Crippen molar-refractivity contribution in [2.24, 2.45) is 10.9 Å². The van der Waals surface area contributed by atoms with Gasteiger partial charge >= 0.3 is 0 Å². The van der Waals surface area contributed by atoms with Crippen LogP contribution in [0.15, 0.2) is 58.4 Å². The van der Waals surface area contributed by atoms with Crippen LogP contribution in [0.1, 0.15) is 25.0 Å². The number of sulfonamides is 1. The summed E-state index contributed by atoms with van der Waals surface area (Å²) in [5.41, 5.74) is 2.28. The number of amides is 1. The molecule has 2 aromatic carbocycles. The van der Waals surface area contributed by atoms with Crippen LogP contribution in [-0.2, 0) is 26.1 Å². The minimum absolute atomic E-state index is 0.128. The SMILES string of the molecule is CC(C)[C@H](N=C1NS(=O)(=O)c2ccccc21)C(=O)Nc1cccc(CN2CCOCC2)c1. The molecule has 1 amide bonds. The molecule has 0 radical (unpaired) electrons. The smallest absolute Gasteiger partial charge is 0.263 e. The first kappa shape index (κ1) is 22.4. The average molecular weight is 457 g/mol. The molecule has 9 heteroatoms. The molecule has 0 saturated carbocycles. The maximum atomic E-state index is 13.1. The number of carbonyl (C=O) groups excluding carboxylic acids is 1. The van der Waals surface area contributed by atoms with Crippen LogP contribution < -0.4 is 10.0 Å². The van der Waals surface area contributed by atoms with Crippen LogP contribution in [0.2, 0.25) is 0 Å². The van der Waals surface area contributed by atoms with Crippen molar-refractivity contribution in [2.75, 3.05) is 31.6 Å². The summed E-state index contributed by atoms with van der Waals surface area (Å²) in [6.45, 7) is 7.82. The largest absolute Gasteiger partial charge is 0.379 e. The van der Waals surface area contributed by atoms with Gasteiger partial charge in [-0.25, -0.2) is 8.42 Å². The fourth-order valence-electron chi connectivity index (χ4n) is 3.86. The van der Waals surface area contributed by atoms with Gasteiger partial charge in [-0.3, -0.25) is 19.4 Å². The highest BCUT2D eigenvalue weighted by molar-refractivity contribution is 7.90.